The van der Waals surface area contributed by atoms with Gasteiger partial charge in [-0.15, -0.1) is 10.2 Å². The van der Waals surface area contributed by atoms with Gasteiger partial charge in [0.15, 0.2) is 11.4 Å². The number of carboxylic acid groups (broad SMARTS) is 1. The van der Waals surface area contributed by atoms with Crippen LogP contribution in [-0.4, -0.2) is 97.7 Å². The zero-order chi connectivity index (χ0) is 35.6. The van der Waals surface area contributed by atoms with Gasteiger partial charge < -0.3 is 33.5 Å². The van der Waals surface area contributed by atoms with E-state index in [1.165, 1.54) is 0 Å². The molecule has 4 aromatic heterocycles. The van der Waals surface area contributed by atoms with Crippen molar-refractivity contribution >= 4 is 39.5 Å². The van der Waals surface area contributed by atoms with Crippen molar-refractivity contribution in [2.24, 2.45) is 7.05 Å². The number of aliphatic carboxylic acids is 1. The van der Waals surface area contributed by atoms with Crippen molar-refractivity contribution in [1.82, 2.24) is 29.9 Å². The quantitative estimate of drug-likeness (QED) is 0.254. The van der Waals surface area contributed by atoms with Gasteiger partial charge in [0.05, 0.1) is 49.4 Å². The molecule has 14 nitrogen and oxygen atoms in total. The van der Waals surface area contributed by atoms with E-state index in [0.29, 0.717) is 72.0 Å². The average molecular weight is 693 g/mol. The maximum absolute atomic E-state index is 12.8. The van der Waals surface area contributed by atoms with Crippen LogP contribution in [0.15, 0.2) is 34.7 Å². The highest BCUT2D eigenvalue weighted by molar-refractivity contribution is 6.06. The molecule has 0 bridgehead atoms. The molecule has 0 radical (unpaired) electrons. The number of hydrogen-bond donors (Lipinski definition) is 1. The number of para-hydroxylation sites is 1. The summed E-state index contributed by atoms with van der Waals surface area (Å²) in [5, 5.41) is 24.8. The highest BCUT2D eigenvalue weighted by Crippen LogP contribution is 2.41. The predicted molar refractivity (Wildman–Crippen MR) is 188 cm³/mol. The van der Waals surface area contributed by atoms with Crippen molar-refractivity contribution in [1.29, 1.82) is 0 Å². The van der Waals surface area contributed by atoms with Gasteiger partial charge in [-0.2, -0.15) is 5.10 Å². The van der Waals surface area contributed by atoms with Gasteiger partial charge in [-0.05, 0) is 38.8 Å². The number of aromatic nitrogens is 6. The zero-order valence-corrected chi connectivity index (χ0v) is 29.5. The minimum Gasteiger partial charge on any atom is -0.480 e. The first-order valence-electron chi connectivity index (χ1n) is 17.3. The summed E-state index contributed by atoms with van der Waals surface area (Å²) in [4.78, 5) is 26.5. The van der Waals surface area contributed by atoms with Gasteiger partial charge in [-0.25, -0.2) is 14.8 Å². The highest BCUT2D eigenvalue weighted by atomic mass is 16.6. The molecule has 3 fully saturated rings. The minimum absolute atomic E-state index is 0.00467. The largest absolute Gasteiger partial charge is 0.480 e. The van der Waals surface area contributed by atoms with Crippen LogP contribution in [0.3, 0.4) is 0 Å². The van der Waals surface area contributed by atoms with E-state index in [2.05, 4.69) is 39.0 Å². The van der Waals surface area contributed by atoms with Crippen LogP contribution in [-0.2, 0) is 21.3 Å². The summed E-state index contributed by atoms with van der Waals surface area (Å²) in [6.07, 6.45) is -0.359. The number of furan rings is 1. The summed E-state index contributed by atoms with van der Waals surface area (Å²) in [6.45, 7) is 12.4. The Labute approximate surface area is 294 Å². The minimum atomic E-state index is -0.985. The topological polar surface area (TPSA) is 154 Å². The van der Waals surface area contributed by atoms with Crippen LogP contribution in [0.4, 0.5) is 11.5 Å². The zero-order valence-electron chi connectivity index (χ0n) is 29.5. The SMILES string of the molecule is Cc1nn(C)c(C)c1C#Cc1cc(N2CCOC3(COC3)[C@@H]2C)c(O[C@H]2C[C@@H](C(=O)O)N(c3nc(C(C)C)nc4c3oc3ccccc34)C2)nn1. The van der Waals surface area contributed by atoms with E-state index < -0.39 is 23.7 Å². The summed E-state index contributed by atoms with van der Waals surface area (Å²) in [5.74, 6) is 6.78. The number of aryl methyl sites for hydroxylation is 2. The number of morpholine rings is 1. The fourth-order valence-electron chi connectivity index (χ4n) is 7.26. The Morgan fingerprint density at radius 2 is 1.92 bits per heavy atom. The van der Waals surface area contributed by atoms with Gasteiger partial charge >= 0.3 is 5.97 Å². The monoisotopic (exact) mass is 692 g/mol. The first-order valence-corrected chi connectivity index (χ1v) is 17.3. The molecule has 1 N–H and O–H groups in total. The maximum Gasteiger partial charge on any atom is 0.326 e. The van der Waals surface area contributed by atoms with E-state index in [1.54, 1.807) is 4.90 Å². The van der Waals surface area contributed by atoms with E-state index in [4.69, 9.17) is 28.6 Å². The molecule has 0 amide bonds. The van der Waals surface area contributed by atoms with Gasteiger partial charge in [0.1, 0.15) is 46.1 Å². The second-order valence-electron chi connectivity index (χ2n) is 13.9. The third-order valence-corrected chi connectivity index (χ3v) is 10.4. The Morgan fingerprint density at radius 1 is 1.12 bits per heavy atom. The van der Waals surface area contributed by atoms with Crippen molar-refractivity contribution in [3.05, 3.63) is 58.8 Å². The summed E-state index contributed by atoms with van der Waals surface area (Å²) in [6, 6.07) is 8.56. The molecule has 3 saturated heterocycles. The molecule has 1 spiro atoms. The standard InChI is InChI=1S/C37H40N8O6/c1-20(2)33-38-31-27-9-7-8-10-30(27)51-32(31)34(39-33)45-17-25(16-29(45)36(46)47)50-35-28(44-13-14-49-37(23(44)5)18-48-19-37)15-24(40-41-35)11-12-26-21(3)42-43(6)22(26)4/h7-10,15,20,23,25,29H,13-14,16-19H2,1-6H3,(H,46,47)/t23-,25-,29-/m0/s1. The van der Waals surface area contributed by atoms with Crippen LogP contribution in [0.25, 0.3) is 22.1 Å². The molecule has 5 aromatic rings. The van der Waals surface area contributed by atoms with Gasteiger partial charge in [0, 0.05) is 37.4 Å². The lowest BCUT2D eigenvalue weighted by Crippen LogP contribution is -2.68. The molecule has 264 valence electrons. The van der Waals surface area contributed by atoms with E-state index in [-0.39, 0.29) is 24.9 Å². The lowest BCUT2D eigenvalue weighted by atomic mass is 9.90. The fourth-order valence-corrected chi connectivity index (χ4v) is 7.26. The smallest absolute Gasteiger partial charge is 0.326 e. The molecule has 8 rings (SSSR count). The van der Waals surface area contributed by atoms with Crippen molar-refractivity contribution < 1.29 is 28.5 Å². The van der Waals surface area contributed by atoms with Crippen LogP contribution >= 0.6 is 0 Å². The van der Waals surface area contributed by atoms with Crippen molar-refractivity contribution in [3.63, 3.8) is 0 Å². The molecular formula is C37H40N8O6. The molecule has 1 aromatic carbocycles. The Kier molecular flexibility index (Phi) is 8.07. The molecule has 3 aliphatic rings. The molecule has 3 atom stereocenters. The Morgan fingerprint density at radius 3 is 2.63 bits per heavy atom. The third-order valence-electron chi connectivity index (χ3n) is 10.4. The van der Waals surface area contributed by atoms with Crippen molar-refractivity contribution in [3.8, 4) is 17.7 Å². The summed E-state index contributed by atoms with van der Waals surface area (Å²) in [7, 11) is 1.89. The van der Waals surface area contributed by atoms with Crippen LogP contribution in [0, 0.1) is 25.7 Å². The number of nitrogens with zero attached hydrogens (tertiary/aromatic N) is 8. The van der Waals surface area contributed by atoms with Gasteiger partial charge in [0.25, 0.3) is 5.88 Å². The number of anilines is 2. The first-order chi connectivity index (χ1) is 24.5. The normalized spacial score (nSPS) is 21.4. The number of rotatable bonds is 6. The fraction of sp³-hybridized carbons (Fsp3) is 0.459. The first kappa shape index (κ1) is 32.9. The summed E-state index contributed by atoms with van der Waals surface area (Å²) in [5.41, 5.74) is 5.17. The molecule has 7 heterocycles. The van der Waals surface area contributed by atoms with Crippen molar-refractivity contribution in [2.75, 3.05) is 42.7 Å². The summed E-state index contributed by atoms with van der Waals surface area (Å²) < 4.78 is 26.5. The maximum atomic E-state index is 12.8. The van der Waals surface area contributed by atoms with Crippen LogP contribution in [0.2, 0.25) is 0 Å². The second kappa shape index (κ2) is 12.5. The lowest BCUT2D eigenvalue weighted by molar-refractivity contribution is -0.228. The third kappa shape index (κ3) is 5.61. The van der Waals surface area contributed by atoms with Gasteiger partial charge in [-0.1, -0.05) is 31.9 Å². The average Bonchev–Trinajstić information content (AvgIpc) is 3.76. The highest BCUT2D eigenvalue weighted by Gasteiger charge is 2.50. The van der Waals surface area contributed by atoms with E-state index in [9.17, 15) is 9.90 Å². The molecule has 14 heteroatoms. The number of ether oxygens (including phenoxy) is 3. The second-order valence-corrected chi connectivity index (χ2v) is 13.9. The number of hydrogen-bond acceptors (Lipinski definition) is 12. The number of benzene rings is 1. The number of carbonyl (C=O) groups is 1. The van der Waals surface area contributed by atoms with E-state index >= 15 is 0 Å². The van der Waals surface area contributed by atoms with Crippen molar-refractivity contribution in [2.45, 2.75) is 70.7 Å². The molecule has 0 unspecified atom stereocenters. The molecule has 0 saturated carbocycles. The Hall–Kier alpha value is -5.26. The van der Waals surface area contributed by atoms with Crippen LogP contribution < -0.4 is 14.5 Å². The Balaban J connectivity index is 1.16. The van der Waals surface area contributed by atoms with Gasteiger partial charge in [0.2, 0.25) is 0 Å². The molecular weight excluding hydrogens is 652 g/mol. The van der Waals surface area contributed by atoms with E-state index in [1.807, 2.05) is 69.8 Å². The molecule has 0 aliphatic carbocycles. The molecule has 51 heavy (non-hydrogen) atoms. The van der Waals surface area contributed by atoms with E-state index in [0.717, 1.165) is 22.3 Å². The summed E-state index contributed by atoms with van der Waals surface area (Å²) >= 11 is 0. The number of carboxylic acids is 1. The van der Waals surface area contributed by atoms with Gasteiger partial charge in [-0.3, -0.25) is 4.68 Å². The van der Waals surface area contributed by atoms with Crippen LogP contribution in [0.1, 0.15) is 61.6 Å². The Bertz CT molecular complexity index is 2230. The van der Waals surface area contributed by atoms with Crippen LogP contribution in [0.5, 0.6) is 5.88 Å². The predicted octanol–water partition coefficient (Wildman–Crippen LogP) is 4.14. The lowest BCUT2D eigenvalue weighted by Gasteiger charge is -2.53. The molecule has 3 aliphatic heterocycles. The number of fused-ring (bicyclic) bond motifs is 3.